The monoisotopic (exact) mass is 224 g/mol. The number of nitrogens with zero attached hydrogens (tertiary/aromatic N) is 1. The van der Waals surface area contributed by atoms with Crippen LogP contribution in [0.5, 0.6) is 0 Å². The molecule has 2 aliphatic carbocycles. The van der Waals surface area contributed by atoms with Crippen molar-refractivity contribution >= 4 is 0 Å². The highest BCUT2D eigenvalue weighted by Crippen LogP contribution is 2.31. The minimum atomic E-state index is 0.492. The number of unbranched alkanes of at least 4 members (excludes halogenated alkanes) is 1. The molecule has 2 atom stereocenters. The summed E-state index contributed by atoms with van der Waals surface area (Å²) in [6.07, 6.45) is 10.9. The molecule has 2 nitrogen and oxygen atoms in total. The van der Waals surface area contributed by atoms with Crippen LogP contribution in [-0.4, -0.2) is 30.1 Å². The minimum absolute atomic E-state index is 0.492. The van der Waals surface area contributed by atoms with Crippen molar-refractivity contribution in [1.29, 1.82) is 0 Å². The van der Waals surface area contributed by atoms with Crippen LogP contribution in [0.1, 0.15) is 58.3 Å². The van der Waals surface area contributed by atoms with E-state index in [2.05, 4.69) is 11.8 Å². The fourth-order valence-corrected chi connectivity index (χ4v) is 3.05. The zero-order valence-corrected chi connectivity index (χ0v) is 10.8. The molecule has 0 spiro atoms. The molecular formula is C14H28N2. The molecule has 0 amide bonds. The Labute approximate surface area is 101 Å². The van der Waals surface area contributed by atoms with Crippen LogP contribution >= 0.6 is 0 Å². The molecule has 0 heterocycles. The predicted molar refractivity (Wildman–Crippen MR) is 69.4 cm³/mol. The van der Waals surface area contributed by atoms with E-state index in [1.54, 1.807) is 0 Å². The smallest absolute Gasteiger partial charge is 0.00965 e. The van der Waals surface area contributed by atoms with Crippen LogP contribution in [-0.2, 0) is 0 Å². The molecule has 0 aromatic rings. The van der Waals surface area contributed by atoms with Crippen molar-refractivity contribution in [3.05, 3.63) is 0 Å². The van der Waals surface area contributed by atoms with E-state index in [-0.39, 0.29) is 0 Å². The Morgan fingerprint density at radius 3 is 2.62 bits per heavy atom. The van der Waals surface area contributed by atoms with Crippen LogP contribution in [0, 0.1) is 5.92 Å². The highest BCUT2D eigenvalue weighted by molar-refractivity contribution is 4.87. The molecule has 0 aliphatic heterocycles. The average Bonchev–Trinajstić information content (AvgIpc) is 3.08. The van der Waals surface area contributed by atoms with Gasteiger partial charge in [-0.25, -0.2) is 0 Å². The maximum atomic E-state index is 6.07. The average molecular weight is 224 g/mol. The second-order valence-corrected chi connectivity index (χ2v) is 5.87. The van der Waals surface area contributed by atoms with Crippen LogP contribution in [0.15, 0.2) is 0 Å². The predicted octanol–water partition coefficient (Wildman–Crippen LogP) is 2.77. The van der Waals surface area contributed by atoms with Crippen molar-refractivity contribution < 1.29 is 0 Å². The first-order chi connectivity index (χ1) is 7.79. The fourth-order valence-electron chi connectivity index (χ4n) is 3.05. The van der Waals surface area contributed by atoms with Gasteiger partial charge in [-0.3, -0.25) is 0 Å². The third kappa shape index (κ3) is 3.74. The fraction of sp³-hybridized carbons (Fsp3) is 1.00. The summed E-state index contributed by atoms with van der Waals surface area (Å²) in [5.74, 6) is 0.890. The van der Waals surface area contributed by atoms with Crippen molar-refractivity contribution in [2.24, 2.45) is 11.7 Å². The number of rotatable bonds is 6. The van der Waals surface area contributed by atoms with Gasteiger partial charge in [0, 0.05) is 18.6 Å². The first kappa shape index (κ1) is 12.4. The van der Waals surface area contributed by atoms with Crippen LogP contribution in [0.25, 0.3) is 0 Å². The number of hydrogen-bond acceptors (Lipinski definition) is 2. The summed E-state index contributed by atoms with van der Waals surface area (Å²) in [6.45, 7) is 4.95. The molecule has 2 heteroatoms. The van der Waals surface area contributed by atoms with Crippen LogP contribution in [0.2, 0.25) is 0 Å². The van der Waals surface area contributed by atoms with E-state index in [1.165, 1.54) is 64.5 Å². The molecule has 16 heavy (non-hydrogen) atoms. The van der Waals surface area contributed by atoms with E-state index in [4.69, 9.17) is 5.73 Å². The second kappa shape index (κ2) is 6.02. The third-order valence-corrected chi connectivity index (χ3v) is 4.18. The zero-order chi connectivity index (χ0) is 11.4. The highest BCUT2D eigenvalue weighted by atomic mass is 15.2. The minimum Gasteiger partial charge on any atom is -0.328 e. The largest absolute Gasteiger partial charge is 0.328 e. The van der Waals surface area contributed by atoms with Crippen LogP contribution < -0.4 is 5.73 Å². The number of nitrogens with two attached hydrogens (primary N) is 1. The number of hydrogen-bond donors (Lipinski definition) is 1. The van der Waals surface area contributed by atoms with Gasteiger partial charge >= 0.3 is 0 Å². The van der Waals surface area contributed by atoms with E-state index in [0.717, 1.165) is 12.0 Å². The van der Waals surface area contributed by atoms with Crippen molar-refractivity contribution in [1.82, 2.24) is 4.90 Å². The molecule has 0 radical (unpaired) electrons. The van der Waals surface area contributed by atoms with Crippen molar-refractivity contribution in [3.8, 4) is 0 Å². The summed E-state index contributed by atoms with van der Waals surface area (Å²) in [5, 5.41) is 0. The molecule has 0 aromatic carbocycles. The summed E-state index contributed by atoms with van der Waals surface area (Å²) in [5.41, 5.74) is 6.07. The van der Waals surface area contributed by atoms with E-state index in [9.17, 15) is 0 Å². The van der Waals surface area contributed by atoms with Gasteiger partial charge < -0.3 is 10.6 Å². The van der Waals surface area contributed by atoms with Gasteiger partial charge in [-0.15, -0.1) is 0 Å². The highest BCUT2D eigenvalue weighted by Gasteiger charge is 2.31. The van der Waals surface area contributed by atoms with Gasteiger partial charge in [-0.1, -0.05) is 19.8 Å². The molecule has 2 saturated carbocycles. The molecular weight excluding hydrogens is 196 g/mol. The Morgan fingerprint density at radius 2 is 2.00 bits per heavy atom. The molecule has 0 saturated heterocycles. The first-order valence-electron chi connectivity index (χ1n) is 7.29. The molecule has 2 unspecified atom stereocenters. The van der Waals surface area contributed by atoms with Gasteiger partial charge in [-0.2, -0.15) is 0 Å². The lowest BCUT2D eigenvalue weighted by Gasteiger charge is -2.32. The quantitative estimate of drug-likeness (QED) is 0.751. The Kier molecular flexibility index (Phi) is 4.66. The van der Waals surface area contributed by atoms with E-state index >= 15 is 0 Å². The third-order valence-electron chi connectivity index (χ3n) is 4.18. The molecule has 2 rings (SSSR count). The maximum absolute atomic E-state index is 6.07. The lowest BCUT2D eigenvalue weighted by Crippen LogP contribution is -2.37. The van der Waals surface area contributed by atoms with Crippen LogP contribution in [0.4, 0.5) is 0 Å². The Balaban J connectivity index is 1.75. The van der Waals surface area contributed by atoms with Gasteiger partial charge in [-0.05, 0) is 51.0 Å². The van der Waals surface area contributed by atoms with Crippen LogP contribution in [0.3, 0.4) is 0 Å². The molecule has 0 bridgehead atoms. The second-order valence-electron chi connectivity index (χ2n) is 5.87. The van der Waals surface area contributed by atoms with E-state index < -0.39 is 0 Å². The summed E-state index contributed by atoms with van der Waals surface area (Å²) in [7, 11) is 0. The summed E-state index contributed by atoms with van der Waals surface area (Å²) in [6, 6.07) is 1.43. The maximum Gasteiger partial charge on any atom is 0.00965 e. The summed E-state index contributed by atoms with van der Waals surface area (Å²) in [4.78, 5) is 2.76. The first-order valence-corrected chi connectivity index (χ1v) is 7.29. The van der Waals surface area contributed by atoms with Gasteiger partial charge in [0.15, 0.2) is 0 Å². The van der Waals surface area contributed by atoms with Gasteiger partial charge in [0.2, 0.25) is 0 Å². The zero-order valence-electron chi connectivity index (χ0n) is 10.8. The molecule has 2 fully saturated rings. The van der Waals surface area contributed by atoms with Gasteiger partial charge in [0.25, 0.3) is 0 Å². The topological polar surface area (TPSA) is 29.3 Å². The molecule has 0 aromatic heterocycles. The van der Waals surface area contributed by atoms with Crippen molar-refractivity contribution in [2.45, 2.75) is 70.4 Å². The Bertz CT molecular complexity index is 201. The summed E-state index contributed by atoms with van der Waals surface area (Å²) < 4.78 is 0. The van der Waals surface area contributed by atoms with E-state index in [1.807, 2.05) is 0 Å². The normalized spacial score (nSPS) is 30.9. The SMILES string of the molecule is CCCCN(CC1CCCC(N)C1)C1CC1. The Hall–Kier alpha value is -0.0800. The lowest BCUT2D eigenvalue weighted by molar-refractivity contribution is 0.183. The van der Waals surface area contributed by atoms with Crippen molar-refractivity contribution in [2.75, 3.05) is 13.1 Å². The lowest BCUT2D eigenvalue weighted by atomic mass is 9.86. The molecule has 2 aliphatic rings. The van der Waals surface area contributed by atoms with Crippen molar-refractivity contribution in [3.63, 3.8) is 0 Å². The molecule has 2 N–H and O–H groups in total. The standard InChI is InChI=1S/C14H28N2/c1-2-3-9-16(14-7-8-14)11-12-5-4-6-13(15)10-12/h12-14H,2-11,15H2,1H3. The van der Waals surface area contributed by atoms with Gasteiger partial charge in [0.1, 0.15) is 0 Å². The molecule has 94 valence electrons. The van der Waals surface area contributed by atoms with E-state index in [0.29, 0.717) is 6.04 Å². The Morgan fingerprint density at radius 1 is 1.19 bits per heavy atom. The summed E-state index contributed by atoms with van der Waals surface area (Å²) >= 11 is 0. The van der Waals surface area contributed by atoms with Gasteiger partial charge in [0.05, 0.1) is 0 Å².